The number of aromatic nitrogens is 2. The van der Waals surface area contributed by atoms with E-state index in [4.69, 9.17) is 0 Å². The average Bonchev–Trinajstić information content (AvgIpc) is 3.21. The third-order valence-electron chi connectivity index (χ3n) is 4.79. The minimum Gasteiger partial charge on any atom is -0.369 e. The van der Waals surface area contributed by atoms with Crippen molar-refractivity contribution in [1.82, 2.24) is 15.1 Å². The van der Waals surface area contributed by atoms with Gasteiger partial charge in [-0.05, 0) is 37.3 Å². The highest BCUT2D eigenvalue weighted by Crippen LogP contribution is 2.20. The van der Waals surface area contributed by atoms with Crippen LogP contribution in [0.5, 0.6) is 0 Å². The standard InChI is InChI=1S/C20H29N5O/c1-15(2)9-10-16-13-19(24(3)23-16)22-20(26)21-17-11-12-25(14-17)18-7-5-4-6-8-18/h4-8,13,15,17H,9-12,14H2,1-3H3,(H2,21,22,26)/t17-/m0/s1. The summed E-state index contributed by atoms with van der Waals surface area (Å²) in [7, 11) is 1.86. The molecule has 2 heterocycles. The third-order valence-corrected chi connectivity index (χ3v) is 4.79. The zero-order chi connectivity index (χ0) is 18.5. The van der Waals surface area contributed by atoms with Crippen LogP contribution in [0.1, 0.15) is 32.4 Å². The van der Waals surface area contributed by atoms with Gasteiger partial charge in [-0.2, -0.15) is 5.10 Å². The summed E-state index contributed by atoms with van der Waals surface area (Å²) in [4.78, 5) is 14.7. The number of carbonyl (C=O) groups is 1. The first-order valence-electron chi connectivity index (χ1n) is 9.41. The first-order chi connectivity index (χ1) is 12.5. The number of aryl methyl sites for hydroxylation is 2. The van der Waals surface area contributed by atoms with Crippen LogP contribution >= 0.6 is 0 Å². The molecule has 1 aliphatic rings. The van der Waals surface area contributed by atoms with Gasteiger partial charge >= 0.3 is 6.03 Å². The van der Waals surface area contributed by atoms with E-state index in [0.717, 1.165) is 43.9 Å². The van der Waals surface area contributed by atoms with Gasteiger partial charge in [-0.3, -0.25) is 10.00 Å². The number of urea groups is 1. The second kappa shape index (κ2) is 8.25. The van der Waals surface area contributed by atoms with E-state index in [9.17, 15) is 4.79 Å². The van der Waals surface area contributed by atoms with E-state index in [1.54, 1.807) is 4.68 Å². The Balaban J connectivity index is 1.50. The Bertz CT molecular complexity index is 725. The van der Waals surface area contributed by atoms with Gasteiger partial charge in [0.15, 0.2) is 0 Å². The third kappa shape index (κ3) is 4.77. The highest BCUT2D eigenvalue weighted by atomic mass is 16.2. The van der Waals surface area contributed by atoms with Gasteiger partial charge in [0.05, 0.1) is 5.69 Å². The summed E-state index contributed by atoms with van der Waals surface area (Å²) in [5.41, 5.74) is 2.23. The van der Waals surface area contributed by atoms with Crippen molar-refractivity contribution >= 4 is 17.5 Å². The maximum Gasteiger partial charge on any atom is 0.320 e. The molecule has 0 unspecified atom stereocenters. The largest absolute Gasteiger partial charge is 0.369 e. The number of benzene rings is 1. The maximum atomic E-state index is 12.4. The van der Waals surface area contributed by atoms with Crippen molar-refractivity contribution < 1.29 is 4.79 Å². The molecular formula is C20H29N5O. The van der Waals surface area contributed by atoms with Gasteiger partial charge in [0.25, 0.3) is 0 Å². The van der Waals surface area contributed by atoms with Crippen LogP contribution in [0.2, 0.25) is 0 Å². The van der Waals surface area contributed by atoms with E-state index in [1.165, 1.54) is 5.69 Å². The Morgan fingerprint density at radius 1 is 1.31 bits per heavy atom. The van der Waals surface area contributed by atoms with Crippen LogP contribution in [-0.2, 0) is 13.5 Å². The fourth-order valence-electron chi connectivity index (χ4n) is 3.29. The highest BCUT2D eigenvalue weighted by molar-refractivity contribution is 5.88. The summed E-state index contributed by atoms with van der Waals surface area (Å²) in [6.07, 6.45) is 2.98. The molecule has 6 nitrogen and oxygen atoms in total. The Morgan fingerprint density at radius 3 is 2.81 bits per heavy atom. The van der Waals surface area contributed by atoms with Crippen molar-refractivity contribution in [3.63, 3.8) is 0 Å². The second-order valence-electron chi connectivity index (χ2n) is 7.44. The zero-order valence-electron chi connectivity index (χ0n) is 15.9. The predicted molar refractivity (Wildman–Crippen MR) is 106 cm³/mol. The molecule has 1 aliphatic heterocycles. The minimum absolute atomic E-state index is 0.156. The molecule has 1 aromatic heterocycles. The number of carbonyl (C=O) groups excluding carboxylic acids is 1. The molecule has 1 aromatic carbocycles. The molecule has 140 valence electrons. The molecule has 2 amide bonds. The molecule has 2 N–H and O–H groups in total. The van der Waals surface area contributed by atoms with E-state index in [-0.39, 0.29) is 12.1 Å². The SMILES string of the molecule is CC(C)CCc1cc(NC(=O)N[C@H]2CCN(c3ccccc3)C2)n(C)n1. The van der Waals surface area contributed by atoms with Crippen LogP contribution in [0, 0.1) is 5.92 Å². The highest BCUT2D eigenvalue weighted by Gasteiger charge is 2.24. The van der Waals surface area contributed by atoms with Crippen LogP contribution in [0.4, 0.5) is 16.3 Å². The number of hydrogen-bond donors (Lipinski definition) is 2. The van der Waals surface area contributed by atoms with Crippen LogP contribution in [-0.4, -0.2) is 34.9 Å². The second-order valence-corrected chi connectivity index (χ2v) is 7.44. The van der Waals surface area contributed by atoms with Gasteiger partial charge in [0, 0.05) is 37.9 Å². The van der Waals surface area contributed by atoms with Crippen LogP contribution in [0.15, 0.2) is 36.4 Å². The van der Waals surface area contributed by atoms with Crippen molar-refractivity contribution in [2.24, 2.45) is 13.0 Å². The number of amides is 2. The number of rotatable bonds is 6. The molecule has 1 fully saturated rings. The average molecular weight is 355 g/mol. The molecule has 0 radical (unpaired) electrons. The summed E-state index contributed by atoms with van der Waals surface area (Å²) in [5.74, 6) is 1.38. The number of nitrogens with one attached hydrogen (secondary N) is 2. The van der Waals surface area contributed by atoms with Crippen molar-refractivity contribution in [3.05, 3.63) is 42.1 Å². The van der Waals surface area contributed by atoms with Crippen LogP contribution in [0.3, 0.4) is 0 Å². The van der Waals surface area contributed by atoms with Crippen molar-refractivity contribution in [3.8, 4) is 0 Å². The van der Waals surface area contributed by atoms with E-state index in [2.05, 4.69) is 46.6 Å². The van der Waals surface area contributed by atoms with Crippen molar-refractivity contribution in [2.75, 3.05) is 23.3 Å². The molecule has 1 saturated heterocycles. The summed E-state index contributed by atoms with van der Waals surface area (Å²) in [6.45, 7) is 6.20. The first-order valence-corrected chi connectivity index (χ1v) is 9.41. The van der Waals surface area contributed by atoms with E-state index in [0.29, 0.717) is 5.92 Å². The molecule has 26 heavy (non-hydrogen) atoms. The zero-order valence-corrected chi connectivity index (χ0v) is 15.9. The molecule has 6 heteroatoms. The summed E-state index contributed by atoms with van der Waals surface area (Å²) in [5, 5.41) is 10.5. The number of anilines is 2. The normalized spacial score (nSPS) is 16.9. The smallest absolute Gasteiger partial charge is 0.320 e. The molecule has 1 atom stereocenters. The van der Waals surface area contributed by atoms with Gasteiger partial charge in [-0.25, -0.2) is 4.79 Å². The van der Waals surface area contributed by atoms with Crippen LogP contribution < -0.4 is 15.5 Å². The minimum atomic E-state index is -0.164. The summed E-state index contributed by atoms with van der Waals surface area (Å²) in [6, 6.07) is 12.3. The molecule has 3 rings (SSSR count). The van der Waals surface area contributed by atoms with Crippen molar-refractivity contribution in [1.29, 1.82) is 0 Å². The first kappa shape index (κ1) is 18.3. The maximum absolute atomic E-state index is 12.4. The Morgan fingerprint density at radius 2 is 2.08 bits per heavy atom. The van der Waals surface area contributed by atoms with Gasteiger partial charge in [-0.15, -0.1) is 0 Å². The molecule has 0 spiro atoms. The lowest BCUT2D eigenvalue weighted by molar-refractivity contribution is 0.249. The van der Waals surface area contributed by atoms with E-state index >= 15 is 0 Å². The quantitative estimate of drug-likeness (QED) is 0.835. The van der Waals surface area contributed by atoms with Crippen LogP contribution in [0.25, 0.3) is 0 Å². The summed E-state index contributed by atoms with van der Waals surface area (Å²) >= 11 is 0. The number of para-hydroxylation sites is 1. The topological polar surface area (TPSA) is 62.2 Å². The van der Waals surface area contributed by atoms with Crippen molar-refractivity contribution in [2.45, 2.75) is 39.2 Å². The van der Waals surface area contributed by atoms with Gasteiger partial charge < -0.3 is 10.2 Å². The fraction of sp³-hybridized carbons (Fsp3) is 0.500. The van der Waals surface area contributed by atoms with E-state index < -0.39 is 0 Å². The Hall–Kier alpha value is -2.50. The molecule has 0 aliphatic carbocycles. The van der Waals surface area contributed by atoms with Gasteiger partial charge in [-0.1, -0.05) is 32.0 Å². The van der Waals surface area contributed by atoms with Gasteiger partial charge in [0.1, 0.15) is 5.82 Å². The molecule has 0 saturated carbocycles. The lowest BCUT2D eigenvalue weighted by Crippen LogP contribution is -2.40. The monoisotopic (exact) mass is 355 g/mol. The number of nitrogens with zero attached hydrogens (tertiary/aromatic N) is 3. The van der Waals surface area contributed by atoms with E-state index in [1.807, 2.05) is 31.3 Å². The lowest BCUT2D eigenvalue weighted by Gasteiger charge is -2.19. The fourth-order valence-corrected chi connectivity index (χ4v) is 3.29. The number of hydrogen-bond acceptors (Lipinski definition) is 3. The predicted octanol–water partition coefficient (Wildman–Crippen LogP) is 3.41. The van der Waals surface area contributed by atoms with Gasteiger partial charge in [0.2, 0.25) is 0 Å². The Kier molecular flexibility index (Phi) is 5.81. The lowest BCUT2D eigenvalue weighted by atomic mass is 10.1. The molecule has 0 bridgehead atoms. The Labute approximate surface area is 155 Å². The summed E-state index contributed by atoms with van der Waals surface area (Å²) < 4.78 is 1.74. The molecule has 2 aromatic rings. The molecular weight excluding hydrogens is 326 g/mol.